The highest BCUT2D eigenvalue weighted by Crippen LogP contribution is 2.10. The number of carbonyl (C=O) groups excluding carboxylic acids is 1. The number of methoxy groups -OCH3 is 1. The monoisotopic (exact) mass is 233 g/mol. The zero-order valence-electron chi connectivity index (χ0n) is 10.4. The lowest BCUT2D eigenvalue weighted by Crippen LogP contribution is -2.36. The first-order valence-corrected chi connectivity index (χ1v) is 5.51. The molecular weight excluding hydrogens is 214 g/mol. The van der Waals surface area contributed by atoms with Gasteiger partial charge in [-0.1, -0.05) is 30.3 Å². The van der Waals surface area contributed by atoms with E-state index in [-0.39, 0.29) is 5.97 Å². The quantitative estimate of drug-likeness (QED) is 0.337. The number of nitrogens with zero attached hydrogens (tertiary/aromatic N) is 1. The van der Waals surface area contributed by atoms with E-state index in [1.54, 1.807) is 6.08 Å². The third-order valence-corrected chi connectivity index (χ3v) is 2.41. The molecule has 0 aliphatic carbocycles. The molecule has 0 radical (unpaired) electrons. The van der Waals surface area contributed by atoms with E-state index in [0.717, 1.165) is 6.54 Å². The summed E-state index contributed by atoms with van der Waals surface area (Å²) in [6.45, 7) is 1.51. The molecule has 0 saturated carbocycles. The summed E-state index contributed by atoms with van der Waals surface area (Å²) in [6.07, 6.45) is 3.23. The molecule has 0 bridgehead atoms. The van der Waals surface area contributed by atoms with Crippen molar-refractivity contribution >= 4 is 5.97 Å². The van der Waals surface area contributed by atoms with Gasteiger partial charge in [0.1, 0.15) is 0 Å². The Hall–Kier alpha value is -1.61. The normalized spacial score (nSPS) is 14.5. The number of ether oxygens (including phenoxy) is 1. The summed E-state index contributed by atoms with van der Waals surface area (Å²) in [5.41, 5.74) is 1.23. The highest BCUT2D eigenvalue weighted by Gasteiger charge is 2.07. The van der Waals surface area contributed by atoms with Crippen molar-refractivity contribution < 1.29 is 14.0 Å². The van der Waals surface area contributed by atoms with Crippen molar-refractivity contribution in [1.82, 2.24) is 0 Å². The summed E-state index contributed by atoms with van der Waals surface area (Å²) >= 11 is 0. The van der Waals surface area contributed by atoms with Crippen molar-refractivity contribution in [3.8, 4) is 0 Å². The van der Waals surface area contributed by atoms with Gasteiger partial charge in [0.2, 0.25) is 0 Å². The zero-order valence-corrected chi connectivity index (χ0v) is 10.4. The van der Waals surface area contributed by atoms with Crippen LogP contribution in [0.3, 0.4) is 0 Å². The van der Waals surface area contributed by atoms with Crippen LogP contribution in [-0.2, 0) is 16.1 Å². The van der Waals surface area contributed by atoms with Gasteiger partial charge in [0.25, 0.3) is 0 Å². The Balaban J connectivity index is 2.52. The van der Waals surface area contributed by atoms with Crippen LogP contribution >= 0.6 is 0 Å². The van der Waals surface area contributed by atoms with Gasteiger partial charge in [-0.3, -0.25) is 0 Å². The first kappa shape index (κ1) is 13.5. The molecule has 0 aliphatic rings. The maximum absolute atomic E-state index is 10.9. The molecule has 92 valence electrons. The number of benzene rings is 1. The molecule has 0 heterocycles. The van der Waals surface area contributed by atoms with E-state index < -0.39 is 0 Å². The van der Waals surface area contributed by atoms with Crippen molar-refractivity contribution in [3.05, 3.63) is 55.1 Å². The molecule has 17 heavy (non-hydrogen) atoms. The second-order valence-electron chi connectivity index (χ2n) is 4.37. The van der Waals surface area contributed by atoms with Gasteiger partial charge in [-0.15, -0.1) is 7.05 Å². The zero-order chi connectivity index (χ0) is 12.7. The van der Waals surface area contributed by atoms with Crippen LogP contribution in [0.1, 0.15) is 5.56 Å². The molecule has 1 aromatic rings. The minimum atomic E-state index is -0.329. The molecule has 0 aliphatic heterocycles. The molecule has 0 N–H and O–H groups in total. The van der Waals surface area contributed by atoms with Crippen molar-refractivity contribution in [2.45, 2.75) is 6.54 Å². The fourth-order valence-corrected chi connectivity index (χ4v) is 1.56. The predicted molar refractivity (Wildman–Crippen MR) is 67.7 cm³/mol. The highest BCUT2D eigenvalue weighted by atomic mass is 16.5. The number of hydrogen-bond donors (Lipinski definition) is 0. The molecule has 0 spiro atoms. The summed E-state index contributed by atoms with van der Waals surface area (Å²) in [6, 6.07) is 10.2. The van der Waals surface area contributed by atoms with Gasteiger partial charge < -0.3 is 9.22 Å². The standard InChI is InChI=1S/C14H19NO2/c1-15(2,11-7-10-14(16)17-3)12-13-8-5-4-6-9-13/h4-10H,1,11-12H2,2-3H3/b10-7+. The van der Waals surface area contributed by atoms with Crippen LogP contribution in [0.15, 0.2) is 42.5 Å². The van der Waals surface area contributed by atoms with Crippen LogP contribution < -0.4 is 0 Å². The number of rotatable bonds is 5. The number of likely N-dealkylation sites (N-methyl/N-ethyl adjacent to an activating group) is 1. The lowest BCUT2D eigenvalue weighted by atomic mass is 10.2. The molecule has 0 amide bonds. The van der Waals surface area contributed by atoms with E-state index in [0.29, 0.717) is 11.0 Å². The van der Waals surface area contributed by atoms with Gasteiger partial charge >= 0.3 is 5.97 Å². The molecule has 1 rings (SSSR count). The molecule has 1 aromatic carbocycles. The summed E-state index contributed by atoms with van der Waals surface area (Å²) in [5.74, 6) is -0.329. The van der Waals surface area contributed by atoms with E-state index in [1.807, 2.05) is 25.2 Å². The second-order valence-corrected chi connectivity index (χ2v) is 4.37. The topological polar surface area (TPSA) is 26.3 Å². The lowest BCUT2D eigenvalue weighted by Gasteiger charge is -2.37. The Labute approximate surface area is 103 Å². The van der Waals surface area contributed by atoms with E-state index in [2.05, 4.69) is 23.9 Å². The Morgan fingerprint density at radius 2 is 2.06 bits per heavy atom. The summed E-state index contributed by atoms with van der Waals surface area (Å²) in [5, 5.41) is 0. The van der Waals surface area contributed by atoms with Crippen molar-refractivity contribution in [1.29, 1.82) is 0 Å². The average molecular weight is 233 g/mol. The van der Waals surface area contributed by atoms with Crippen LogP contribution in [-0.4, -0.2) is 31.2 Å². The first-order chi connectivity index (χ1) is 8.03. The van der Waals surface area contributed by atoms with Gasteiger partial charge in [0, 0.05) is 18.7 Å². The largest absolute Gasteiger partial charge is 0.466 e. The molecule has 0 fully saturated rings. The van der Waals surface area contributed by atoms with E-state index in [1.165, 1.54) is 18.7 Å². The van der Waals surface area contributed by atoms with E-state index in [9.17, 15) is 4.79 Å². The molecule has 1 atom stereocenters. The second kappa shape index (κ2) is 6.21. The van der Waals surface area contributed by atoms with Crippen molar-refractivity contribution in [2.24, 2.45) is 0 Å². The van der Waals surface area contributed by atoms with Gasteiger partial charge in [-0.2, -0.15) is 0 Å². The van der Waals surface area contributed by atoms with Crippen LogP contribution in [0, 0.1) is 7.05 Å². The minimum Gasteiger partial charge on any atom is -0.466 e. The van der Waals surface area contributed by atoms with E-state index >= 15 is 0 Å². The summed E-state index contributed by atoms with van der Waals surface area (Å²) in [7, 11) is 7.51. The van der Waals surface area contributed by atoms with Crippen LogP contribution in [0.5, 0.6) is 0 Å². The van der Waals surface area contributed by atoms with Crippen molar-refractivity contribution in [2.75, 3.05) is 20.7 Å². The Morgan fingerprint density at radius 3 is 2.65 bits per heavy atom. The molecule has 1 unspecified atom stereocenters. The smallest absolute Gasteiger partial charge is 0.330 e. The van der Waals surface area contributed by atoms with Crippen LogP contribution in [0.4, 0.5) is 0 Å². The maximum Gasteiger partial charge on any atom is 0.330 e. The summed E-state index contributed by atoms with van der Waals surface area (Å²) in [4.78, 5) is 10.9. The number of quaternary nitrogens is 1. The molecule has 0 saturated heterocycles. The lowest BCUT2D eigenvalue weighted by molar-refractivity contribution is -0.873. The third kappa shape index (κ3) is 5.31. The Morgan fingerprint density at radius 1 is 1.41 bits per heavy atom. The van der Waals surface area contributed by atoms with Gasteiger partial charge in [0.15, 0.2) is 0 Å². The number of hydrogen-bond acceptors (Lipinski definition) is 2. The average Bonchev–Trinajstić information content (AvgIpc) is 2.29. The van der Waals surface area contributed by atoms with Crippen LogP contribution in [0.25, 0.3) is 0 Å². The fraction of sp³-hybridized carbons (Fsp3) is 0.286. The number of carbonyl (C=O) groups is 1. The number of esters is 1. The maximum atomic E-state index is 10.9. The Bertz CT molecular complexity index is 382. The molecule has 3 nitrogen and oxygen atoms in total. The Kier molecular flexibility index (Phi) is 4.91. The highest BCUT2D eigenvalue weighted by molar-refractivity contribution is 5.81. The van der Waals surface area contributed by atoms with Gasteiger partial charge in [0.05, 0.1) is 20.2 Å². The SMILES string of the molecule is [CH2-][N+](C)(C/C=C/C(=O)OC)Cc1ccccc1. The third-order valence-electron chi connectivity index (χ3n) is 2.41. The predicted octanol–water partition coefficient (Wildman–Crippen LogP) is 2.15. The molecule has 0 aromatic heterocycles. The van der Waals surface area contributed by atoms with Crippen molar-refractivity contribution in [3.63, 3.8) is 0 Å². The van der Waals surface area contributed by atoms with Gasteiger partial charge in [-0.25, -0.2) is 4.79 Å². The fourth-order valence-electron chi connectivity index (χ4n) is 1.56. The van der Waals surface area contributed by atoms with E-state index in [4.69, 9.17) is 0 Å². The molecular formula is C14H19NO2. The van der Waals surface area contributed by atoms with Crippen LogP contribution in [0.2, 0.25) is 0 Å². The summed E-state index contributed by atoms with van der Waals surface area (Å²) < 4.78 is 5.08. The first-order valence-electron chi connectivity index (χ1n) is 5.51. The van der Waals surface area contributed by atoms with Gasteiger partial charge in [-0.05, 0) is 6.08 Å². The molecule has 3 heteroatoms. The minimum absolute atomic E-state index is 0.329.